The number of thioether (sulfide) groups is 1. The Morgan fingerprint density at radius 3 is 2.47 bits per heavy atom. The van der Waals surface area contributed by atoms with Gasteiger partial charge in [0.1, 0.15) is 11.5 Å². The second-order valence-corrected chi connectivity index (χ2v) is 8.08. The monoisotopic (exact) mass is 425 g/mol. The van der Waals surface area contributed by atoms with Crippen LogP contribution in [0, 0.1) is 0 Å². The van der Waals surface area contributed by atoms with Crippen molar-refractivity contribution in [3.8, 4) is 28.6 Å². The highest BCUT2D eigenvalue weighted by Gasteiger charge is 2.20. The molecule has 1 aliphatic heterocycles. The molecule has 7 heteroatoms. The summed E-state index contributed by atoms with van der Waals surface area (Å²) in [4.78, 5) is 0. The van der Waals surface area contributed by atoms with E-state index in [0.29, 0.717) is 6.61 Å². The molecule has 1 aromatic heterocycles. The summed E-state index contributed by atoms with van der Waals surface area (Å²) in [6.45, 7) is 3.48. The highest BCUT2D eigenvalue weighted by molar-refractivity contribution is 7.99. The zero-order valence-electron chi connectivity index (χ0n) is 17.4. The summed E-state index contributed by atoms with van der Waals surface area (Å²) < 4.78 is 18.9. The van der Waals surface area contributed by atoms with Crippen LogP contribution in [0.15, 0.2) is 53.7 Å². The van der Waals surface area contributed by atoms with Gasteiger partial charge in [-0.05, 0) is 74.7 Å². The summed E-state index contributed by atoms with van der Waals surface area (Å²) in [5, 5.41) is 9.89. The Kier molecular flexibility index (Phi) is 6.92. The number of aromatic nitrogens is 3. The van der Waals surface area contributed by atoms with E-state index in [4.69, 9.17) is 14.2 Å². The molecule has 1 atom stereocenters. The maximum absolute atomic E-state index is 5.90. The van der Waals surface area contributed by atoms with E-state index in [9.17, 15) is 0 Å². The van der Waals surface area contributed by atoms with Gasteiger partial charge in [0, 0.05) is 23.6 Å². The number of rotatable bonds is 8. The van der Waals surface area contributed by atoms with Crippen molar-refractivity contribution in [3.05, 3.63) is 48.5 Å². The summed E-state index contributed by atoms with van der Waals surface area (Å²) in [5.74, 6) is 3.34. The van der Waals surface area contributed by atoms with Crippen LogP contribution in [0.1, 0.15) is 26.2 Å². The number of hydrogen-bond acceptors (Lipinski definition) is 6. The summed E-state index contributed by atoms with van der Waals surface area (Å²) >= 11 is 1.69. The Morgan fingerprint density at radius 2 is 1.80 bits per heavy atom. The largest absolute Gasteiger partial charge is 0.497 e. The van der Waals surface area contributed by atoms with Crippen LogP contribution in [-0.2, 0) is 4.74 Å². The van der Waals surface area contributed by atoms with Crippen molar-refractivity contribution in [1.82, 2.24) is 14.8 Å². The molecule has 1 fully saturated rings. The molecule has 3 aromatic rings. The molecule has 1 saturated heterocycles. The highest BCUT2D eigenvalue weighted by atomic mass is 32.2. The van der Waals surface area contributed by atoms with Crippen molar-refractivity contribution in [1.29, 1.82) is 0 Å². The second kappa shape index (κ2) is 10.00. The number of methoxy groups -OCH3 is 1. The predicted octanol–water partition coefficient (Wildman–Crippen LogP) is 5.00. The van der Waals surface area contributed by atoms with Crippen LogP contribution in [0.5, 0.6) is 11.5 Å². The molecule has 0 aliphatic carbocycles. The topological polar surface area (TPSA) is 58.4 Å². The smallest absolute Gasteiger partial charge is 0.196 e. The number of nitrogens with zero attached hydrogens (tertiary/aromatic N) is 3. The molecule has 158 valence electrons. The molecular weight excluding hydrogens is 398 g/mol. The van der Waals surface area contributed by atoms with Crippen molar-refractivity contribution >= 4 is 11.8 Å². The molecule has 30 heavy (non-hydrogen) atoms. The van der Waals surface area contributed by atoms with Crippen molar-refractivity contribution in [3.63, 3.8) is 0 Å². The van der Waals surface area contributed by atoms with E-state index >= 15 is 0 Å². The molecule has 0 spiro atoms. The van der Waals surface area contributed by atoms with Gasteiger partial charge in [-0.3, -0.25) is 4.57 Å². The Balaban J connectivity index is 1.65. The van der Waals surface area contributed by atoms with Crippen LogP contribution in [0.4, 0.5) is 0 Å². The third kappa shape index (κ3) is 4.79. The third-order valence-electron chi connectivity index (χ3n) is 5.06. The summed E-state index contributed by atoms with van der Waals surface area (Å²) in [6.07, 6.45) is 3.77. The Morgan fingerprint density at radius 1 is 1.03 bits per heavy atom. The third-order valence-corrected chi connectivity index (χ3v) is 6.12. The van der Waals surface area contributed by atoms with E-state index in [1.165, 1.54) is 6.42 Å². The molecule has 0 bridgehead atoms. The first kappa shape index (κ1) is 20.8. The normalized spacial score (nSPS) is 16.4. The lowest BCUT2D eigenvalue weighted by Crippen LogP contribution is -2.21. The zero-order valence-corrected chi connectivity index (χ0v) is 18.2. The molecule has 0 N–H and O–H groups in total. The SMILES string of the molecule is CCOc1ccc(-n2c(SC[C@H]3CCCCO3)nnc2-c2ccc(OC)cc2)cc1. The first-order chi connectivity index (χ1) is 14.8. The van der Waals surface area contributed by atoms with Crippen LogP contribution in [-0.4, -0.2) is 46.9 Å². The number of benzene rings is 2. The molecule has 0 saturated carbocycles. The van der Waals surface area contributed by atoms with Gasteiger partial charge >= 0.3 is 0 Å². The molecule has 2 aromatic carbocycles. The quantitative estimate of drug-likeness (QED) is 0.473. The average Bonchev–Trinajstić information content (AvgIpc) is 3.23. The summed E-state index contributed by atoms with van der Waals surface area (Å²) in [7, 11) is 1.67. The minimum absolute atomic E-state index is 0.277. The van der Waals surface area contributed by atoms with Gasteiger partial charge in [-0.1, -0.05) is 11.8 Å². The minimum atomic E-state index is 0.277. The van der Waals surface area contributed by atoms with Gasteiger partial charge < -0.3 is 14.2 Å². The van der Waals surface area contributed by atoms with E-state index < -0.39 is 0 Å². The minimum Gasteiger partial charge on any atom is -0.497 e. The molecule has 0 amide bonds. The highest BCUT2D eigenvalue weighted by Crippen LogP contribution is 2.31. The van der Waals surface area contributed by atoms with Crippen LogP contribution < -0.4 is 9.47 Å². The van der Waals surface area contributed by atoms with Gasteiger partial charge in [0.05, 0.1) is 19.8 Å². The number of ether oxygens (including phenoxy) is 3. The lowest BCUT2D eigenvalue weighted by molar-refractivity contribution is 0.0315. The van der Waals surface area contributed by atoms with Gasteiger partial charge in [-0.2, -0.15) is 0 Å². The zero-order chi connectivity index (χ0) is 20.8. The number of hydrogen-bond donors (Lipinski definition) is 0. The van der Waals surface area contributed by atoms with Gasteiger partial charge in [-0.15, -0.1) is 10.2 Å². The summed E-state index contributed by atoms with van der Waals surface area (Å²) in [6, 6.07) is 15.9. The van der Waals surface area contributed by atoms with Crippen molar-refractivity contribution in [2.24, 2.45) is 0 Å². The van der Waals surface area contributed by atoms with E-state index in [1.807, 2.05) is 55.5 Å². The van der Waals surface area contributed by atoms with E-state index in [-0.39, 0.29) is 6.10 Å². The van der Waals surface area contributed by atoms with Gasteiger partial charge in [0.2, 0.25) is 0 Å². The standard InChI is InChI=1S/C23H27N3O3S/c1-3-28-20-13-9-18(10-14-20)26-22(17-7-11-19(27-2)12-8-17)24-25-23(26)30-16-21-6-4-5-15-29-21/h7-14,21H,3-6,15-16H2,1-2H3/t21-/m1/s1. The lowest BCUT2D eigenvalue weighted by Gasteiger charge is -2.22. The predicted molar refractivity (Wildman–Crippen MR) is 119 cm³/mol. The van der Waals surface area contributed by atoms with Gasteiger partial charge in [0.25, 0.3) is 0 Å². The molecule has 6 nitrogen and oxygen atoms in total. The van der Waals surface area contributed by atoms with Crippen LogP contribution in [0.3, 0.4) is 0 Å². The Bertz CT molecular complexity index is 935. The fraction of sp³-hybridized carbons (Fsp3) is 0.391. The van der Waals surface area contributed by atoms with E-state index in [1.54, 1.807) is 18.9 Å². The molecule has 2 heterocycles. The van der Waals surface area contributed by atoms with Crippen LogP contribution in [0.25, 0.3) is 17.1 Å². The maximum atomic E-state index is 5.90. The average molecular weight is 426 g/mol. The van der Waals surface area contributed by atoms with Gasteiger partial charge in [-0.25, -0.2) is 0 Å². The fourth-order valence-electron chi connectivity index (χ4n) is 3.49. The first-order valence-electron chi connectivity index (χ1n) is 10.4. The van der Waals surface area contributed by atoms with E-state index in [0.717, 1.165) is 58.9 Å². The maximum Gasteiger partial charge on any atom is 0.196 e. The van der Waals surface area contributed by atoms with Crippen molar-refractivity contribution in [2.75, 3.05) is 26.1 Å². The molecule has 0 radical (unpaired) electrons. The van der Waals surface area contributed by atoms with Crippen molar-refractivity contribution < 1.29 is 14.2 Å². The molecule has 0 unspecified atom stereocenters. The fourth-order valence-corrected chi connectivity index (χ4v) is 4.51. The Hall–Kier alpha value is -2.51. The lowest BCUT2D eigenvalue weighted by atomic mass is 10.1. The first-order valence-corrected chi connectivity index (χ1v) is 11.3. The van der Waals surface area contributed by atoms with Crippen LogP contribution in [0.2, 0.25) is 0 Å². The Labute approximate surface area is 181 Å². The molecule has 1 aliphatic rings. The van der Waals surface area contributed by atoms with Gasteiger partial charge in [0.15, 0.2) is 11.0 Å². The van der Waals surface area contributed by atoms with Crippen molar-refractivity contribution in [2.45, 2.75) is 37.4 Å². The van der Waals surface area contributed by atoms with E-state index in [2.05, 4.69) is 14.8 Å². The summed E-state index contributed by atoms with van der Waals surface area (Å²) in [5.41, 5.74) is 1.99. The van der Waals surface area contributed by atoms with Crippen LogP contribution >= 0.6 is 11.8 Å². The molecular formula is C23H27N3O3S. The second-order valence-electron chi connectivity index (χ2n) is 7.10. The molecule has 4 rings (SSSR count).